The van der Waals surface area contributed by atoms with Gasteiger partial charge >= 0.3 is 0 Å². The Morgan fingerprint density at radius 3 is 2.83 bits per heavy atom. The highest BCUT2D eigenvalue weighted by Crippen LogP contribution is 2.16. The Hall–Kier alpha value is -1.81. The standard InChI is InChI=1S/C14H18N2O2/c1-2-16(8-5-9-17)13-10-11-6-3-4-7-12(11)14(18)15-13/h3-4,6-7,10,17H,2,5,8-9H2,1H3,(H,15,18). The Bertz CT molecular complexity index is 577. The fourth-order valence-electron chi connectivity index (χ4n) is 2.08. The molecule has 0 radical (unpaired) electrons. The van der Waals surface area contributed by atoms with Crippen LogP contribution in [-0.2, 0) is 0 Å². The first-order valence-corrected chi connectivity index (χ1v) is 6.24. The lowest BCUT2D eigenvalue weighted by Gasteiger charge is -2.22. The van der Waals surface area contributed by atoms with Crippen molar-refractivity contribution in [3.63, 3.8) is 0 Å². The first-order chi connectivity index (χ1) is 8.76. The third-order valence-corrected chi connectivity index (χ3v) is 3.05. The van der Waals surface area contributed by atoms with Crippen LogP contribution >= 0.6 is 0 Å². The number of aliphatic hydroxyl groups is 1. The molecule has 0 fully saturated rings. The van der Waals surface area contributed by atoms with E-state index in [1.807, 2.05) is 37.3 Å². The third kappa shape index (κ3) is 2.54. The van der Waals surface area contributed by atoms with Gasteiger partial charge in [-0.3, -0.25) is 4.79 Å². The number of rotatable bonds is 5. The van der Waals surface area contributed by atoms with E-state index in [4.69, 9.17) is 5.11 Å². The number of aromatic amines is 1. The lowest BCUT2D eigenvalue weighted by atomic mass is 10.1. The van der Waals surface area contributed by atoms with Crippen LogP contribution in [0.15, 0.2) is 35.1 Å². The van der Waals surface area contributed by atoms with Gasteiger partial charge in [0, 0.05) is 25.1 Å². The van der Waals surface area contributed by atoms with E-state index in [9.17, 15) is 4.79 Å². The van der Waals surface area contributed by atoms with E-state index in [0.717, 1.165) is 24.3 Å². The average molecular weight is 246 g/mol. The van der Waals surface area contributed by atoms with Crippen molar-refractivity contribution in [1.82, 2.24) is 4.98 Å². The monoisotopic (exact) mass is 246 g/mol. The highest BCUT2D eigenvalue weighted by Gasteiger charge is 2.07. The fourth-order valence-corrected chi connectivity index (χ4v) is 2.08. The molecule has 1 heterocycles. The van der Waals surface area contributed by atoms with Crippen molar-refractivity contribution in [1.29, 1.82) is 0 Å². The van der Waals surface area contributed by atoms with Crippen LogP contribution in [0.1, 0.15) is 13.3 Å². The maximum absolute atomic E-state index is 12.0. The molecule has 2 aromatic rings. The van der Waals surface area contributed by atoms with Gasteiger partial charge in [-0.05, 0) is 30.9 Å². The molecule has 4 nitrogen and oxygen atoms in total. The van der Waals surface area contributed by atoms with Crippen LogP contribution in [0.25, 0.3) is 10.8 Å². The summed E-state index contributed by atoms with van der Waals surface area (Å²) < 4.78 is 0. The minimum Gasteiger partial charge on any atom is -0.396 e. The molecular weight excluding hydrogens is 228 g/mol. The van der Waals surface area contributed by atoms with Gasteiger partial charge in [-0.1, -0.05) is 18.2 Å². The first kappa shape index (κ1) is 12.6. The van der Waals surface area contributed by atoms with Crippen LogP contribution in [0.3, 0.4) is 0 Å². The molecular formula is C14H18N2O2. The molecule has 1 aromatic carbocycles. The Kier molecular flexibility index (Phi) is 3.99. The molecule has 2 N–H and O–H groups in total. The first-order valence-electron chi connectivity index (χ1n) is 6.24. The summed E-state index contributed by atoms with van der Waals surface area (Å²) in [5.41, 5.74) is -0.0643. The smallest absolute Gasteiger partial charge is 0.257 e. The van der Waals surface area contributed by atoms with E-state index in [1.54, 1.807) is 0 Å². The normalized spacial score (nSPS) is 10.8. The van der Waals surface area contributed by atoms with Crippen LogP contribution in [0.4, 0.5) is 5.82 Å². The molecule has 96 valence electrons. The second kappa shape index (κ2) is 5.69. The van der Waals surface area contributed by atoms with E-state index in [2.05, 4.69) is 9.88 Å². The quantitative estimate of drug-likeness (QED) is 0.845. The number of benzene rings is 1. The highest BCUT2D eigenvalue weighted by molar-refractivity contribution is 5.83. The van der Waals surface area contributed by atoms with Crippen LogP contribution in [0.5, 0.6) is 0 Å². The summed E-state index contributed by atoms with van der Waals surface area (Å²) in [7, 11) is 0. The number of nitrogens with zero attached hydrogens (tertiary/aromatic N) is 1. The predicted molar refractivity (Wildman–Crippen MR) is 74.2 cm³/mol. The number of fused-ring (bicyclic) bond motifs is 1. The Balaban J connectivity index is 2.41. The SMILES string of the molecule is CCN(CCCO)c1cc2ccccc2c(=O)[nH]1. The van der Waals surface area contributed by atoms with Crippen LogP contribution in [0, 0.1) is 0 Å². The maximum Gasteiger partial charge on any atom is 0.257 e. The molecule has 18 heavy (non-hydrogen) atoms. The third-order valence-electron chi connectivity index (χ3n) is 3.05. The van der Waals surface area contributed by atoms with Gasteiger partial charge in [-0.25, -0.2) is 0 Å². The maximum atomic E-state index is 12.0. The minimum atomic E-state index is -0.0643. The van der Waals surface area contributed by atoms with Crippen molar-refractivity contribution in [3.05, 3.63) is 40.7 Å². The summed E-state index contributed by atoms with van der Waals surface area (Å²) in [6.07, 6.45) is 0.697. The van der Waals surface area contributed by atoms with Crippen LogP contribution < -0.4 is 10.5 Å². The number of H-pyrrole nitrogens is 1. The molecule has 0 aliphatic carbocycles. The van der Waals surface area contributed by atoms with Crippen LogP contribution in [0.2, 0.25) is 0 Å². The van der Waals surface area contributed by atoms with Gasteiger partial charge in [0.05, 0.1) is 0 Å². The summed E-state index contributed by atoms with van der Waals surface area (Å²) in [4.78, 5) is 16.9. The summed E-state index contributed by atoms with van der Waals surface area (Å²) in [5, 5.41) is 10.5. The molecule has 1 aromatic heterocycles. The molecule has 0 aliphatic rings. The summed E-state index contributed by atoms with van der Waals surface area (Å²) in [6.45, 7) is 3.73. The fraction of sp³-hybridized carbons (Fsp3) is 0.357. The van der Waals surface area contributed by atoms with Crippen molar-refractivity contribution >= 4 is 16.6 Å². The van der Waals surface area contributed by atoms with Crippen LogP contribution in [-0.4, -0.2) is 29.8 Å². The van der Waals surface area contributed by atoms with Gasteiger partial charge < -0.3 is 15.0 Å². The van der Waals surface area contributed by atoms with Gasteiger partial charge in [-0.15, -0.1) is 0 Å². The van der Waals surface area contributed by atoms with E-state index in [-0.39, 0.29) is 12.2 Å². The second-order valence-corrected chi connectivity index (χ2v) is 4.23. The number of pyridine rings is 1. The molecule has 0 saturated heterocycles. The zero-order chi connectivity index (χ0) is 13.0. The van der Waals surface area contributed by atoms with Crippen molar-refractivity contribution in [2.24, 2.45) is 0 Å². The molecule has 0 bridgehead atoms. The molecule has 0 spiro atoms. The summed E-state index contributed by atoms with van der Waals surface area (Å²) >= 11 is 0. The number of hydrogen-bond acceptors (Lipinski definition) is 3. The lowest BCUT2D eigenvalue weighted by Crippen LogP contribution is -2.27. The second-order valence-electron chi connectivity index (χ2n) is 4.23. The lowest BCUT2D eigenvalue weighted by molar-refractivity contribution is 0.289. The van der Waals surface area contributed by atoms with E-state index >= 15 is 0 Å². The molecule has 0 atom stereocenters. The van der Waals surface area contributed by atoms with E-state index < -0.39 is 0 Å². The molecule has 0 amide bonds. The molecule has 0 unspecified atom stereocenters. The molecule has 4 heteroatoms. The largest absolute Gasteiger partial charge is 0.396 e. The van der Waals surface area contributed by atoms with Crippen molar-refractivity contribution in [3.8, 4) is 0 Å². The molecule has 0 saturated carbocycles. The molecule has 0 aliphatic heterocycles. The number of anilines is 1. The molecule has 2 rings (SSSR count). The summed E-state index contributed by atoms with van der Waals surface area (Å²) in [6, 6.07) is 9.53. The van der Waals surface area contributed by atoms with Crippen molar-refractivity contribution < 1.29 is 5.11 Å². The Morgan fingerprint density at radius 1 is 1.33 bits per heavy atom. The van der Waals surface area contributed by atoms with Gasteiger partial charge in [0.2, 0.25) is 0 Å². The van der Waals surface area contributed by atoms with E-state index in [1.165, 1.54) is 0 Å². The average Bonchev–Trinajstić information content (AvgIpc) is 2.40. The Morgan fingerprint density at radius 2 is 2.11 bits per heavy atom. The van der Waals surface area contributed by atoms with Gasteiger partial charge in [-0.2, -0.15) is 0 Å². The topological polar surface area (TPSA) is 56.3 Å². The zero-order valence-electron chi connectivity index (χ0n) is 10.5. The van der Waals surface area contributed by atoms with Crippen molar-refractivity contribution in [2.45, 2.75) is 13.3 Å². The zero-order valence-corrected chi connectivity index (χ0v) is 10.5. The highest BCUT2D eigenvalue weighted by atomic mass is 16.3. The number of aliphatic hydroxyl groups excluding tert-OH is 1. The van der Waals surface area contributed by atoms with Gasteiger partial charge in [0.1, 0.15) is 5.82 Å². The predicted octanol–water partition coefficient (Wildman–Crippen LogP) is 1.74. The number of hydrogen-bond donors (Lipinski definition) is 2. The van der Waals surface area contributed by atoms with Gasteiger partial charge in [0.25, 0.3) is 5.56 Å². The number of nitrogens with one attached hydrogen (secondary N) is 1. The number of aromatic nitrogens is 1. The minimum absolute atomic E-state index is 0.0643. The van der Waals surface area contributed by atoms with Crippen molar-refractivity contribution in [2.75, 3.05) is 24.6 Å². The summed E-state index contributed by atoms with van der Waals surface area (Å²) in [5.74, 6) is 0.814. The van der Waals surface area contributed by atoms with Gasteiger partial charge in [0.15, 0.2) is 0 Å². The Labute approximate surface area is 106 Å². The van der Waals surface area contributed by atoms with E-state index in [0.29, 0.717) is 11.8 Å².